The van der Waals surface area contributed by atoms with Crippen LogP contribution in [0.25, 0.3) is 11.3 Å². The molecule has 0 aromatic carbocycles. The van der Waals surface area contributed by atoms with Crippen LogP contribution in [0.15, 0.2) is 12.4 Å². The Kier molecular flexibility index (Phi) is 2.68. The van der Waals surface area contributed by atoms with Gasteiger partial charge in [0.1, 0.15) is 5.82 Å². The van der Waals surface area contributed by atoms with Crippen LogP contribution in [0.2, 0.25) is 0 Å². The van der Waals surface area contributed by atoms with Crippen LogP contribution in [0.5, 0.6) is 0 Å². The molecule has 0 radical (unpaired) electrons. The summed E-state index contributed by atoms with van der Waals surface area (Å²) in [7, 11) is 1.89. The van der Waals surface area contributed by atoms with E-state index >= 15 is 0 Å². The summed E-state index contributed by atoms with van der Waals surface area (Å²) in [5.41, 5.74) is 8.97. The first-order valence-electron chi connectivity index (χ1n) is 5.39. The highest BCUT2D eigenvalue weighted by Crippen LogP contribution is 2.26. The standard InChI is InChI=1S/C11H17N5/c1-7(2)4-9-10(14-15-11(9)12)8-5-13-16(3)6-8/h5-7H,4H2,1-3H3,(H3,12,14,15). The lowest BCUT2D eigenvalue weighted by Gasteiger charge is -2.05. The third kappa shape index (κ3) is 1.93. The van der Waals surface area contributed by atoms with Crippen LogP contribution < -0.4 is 5.73 Å². The van der Waals surface area contributed by atoms with Gasteiger partial charge in [0.05, 0.1) is 11.9 Å². The predicted octanol–water partition coefficient (Wildman–Crippen LogP) is 1.59. The van der Waals surface area contributed by atoms with Crippen molar-refractivity contribution < 1.29 is 0 Å². The number of rotatable bonds is 3. The minimum Gasteiger partial charge on any atom is -0.382 e. The fourth-order valence-corrected chi connectivity index (χ4v) is 1.78. The van der Waals surface area contributed by atoms with Gasteiger partial charge in [-0.15, -0.1) is 0 Å². The van der Waals surface area contributed by atoms with Crippen molar-refractivity contribution in [1.29, 1.82) is 0 Å². The molecule has 2 heterocycles. The SMILES string of the molecule is CC(C)Cc1c(N)n[nH]c1-c1cnn(C)c1. The normalized spacial score (nSPS) is 11.2. The van der Waals surface area contributed by atoms with Gasteiger partial charge >= 0.3 is 0 Å². The first-order valence-corrected chi connectivity index (χ1v) is 5.39. The third-order valence-electron chi connectivity index (χ3n) is 2.51. The van der Waals surface area contributed by atoms with Crippen molar-refractivity contribution in [3.05, 3.63) is 18.0 Å². The zero-order chi connectivity index (χ0) is 11.7. The van der Waals surface area contributed by atoms with E-state index in [9.17, 15) is 0 Å². The van der Waals surface area contributed by atoms with Gasteiger partial charge in [-0.2, -0.15) is 10.2 Å². The molecule has 2 aromatic heterocycles. The van der Waals surface area contributed by atoms with E-state index in [1.165, 1.54) is 0 Å². The Morgan fingerprint density at radius 3 is 2.81 bits per heavy atom. The number of nitrogens with two attached hydrogens (primary N) is 1. The predicted molar refractivity (Wildman–Crippen MR) is 63.7 cm³/mol. The topological polar surface area (TPSA) is 72.5 Å². The molecule has 0 fully saturated rings. The van der Waals surface area contributed by atoms with Gasteiger partial charge in [-0.05, 0) is 12.3 Å². The van der Waals surface area contributed by atoms with Crippen molar-refractivity contribution in [2.24, 2.45) is 13.0 Å². The molecule has 0 saturated carbocycles. The van der Waals surface area contributed by atoms with Gasteiger partial charge in [0.25, 0.3) is 0 Å². The number of H-pyrrole nitrogens is 1. The number of hydrogen-bond acceptors (Lipinski definition) is 3. The largest absolute Gasteiger partial charge is 0.382 e. The molecule has 0 aliphatic heterocycles. The number of anilines is 1. The summed E-state index contributed by atoms with van der Waals surface area (Å²) >= 11 is 0. The lowest BCUT2D eigenvalue weighted by molar-refractivity contribution is 0.649. The molecule has 0 aliphatic rings. The van der Waals surface area contributed by atoms with Crippen LogP contribution >= 0.6 is 0 Å². The Hall–Kier alpha value is -1.78. The lowest BCUT2D eigenvalue weighted by Crippen LogP contribution is -1.98. The Morgan fingerprint density at radius 1 is 1.50 bits per heavy atom. The van der Waals surface area contributed by atoms with Crippen LogP contribution in [0.3, 0.4) is 0 Å². The number of hydrogen-bond donors (Lipinski definition) is 2. The van der Waals surface area contributed by atoms with Crippen LogP contribution in [-0.4, -0.2) is 20.0 Å². The first kappa shape index (κ1) is 10.7. The van der Waals surface area contributed by atoms with Crippen molar-refractivity contribution in [2.45, 2.75) is 20.3 Å². The van der Waals surface area contributed by atoms with Crippen molar-refractivity contribution in [1.82, 2.24) is 20.0 Å². The van der Waals surface area contributed by atoms with Crippen LogP contribution in [-0.2, 0) is 13.5 Å². The van der Waals surface area contributed by atoms with Crippen molar-refractivity contribution in [3.8, 4) is 11.3 Å². The minimum absolute atomic E-state index is 0.551. The molecule has 0 amide bonds. The quantitative estimate of drug-likeness (QED) is 0.823. The Labute approximate surface area is 94.7 Å². The summed E-state index contributed by atoms with van der Waals surface area (Å²) in [6.45, 7) is 4.33. The van der Waals surface area contributed by atoms with E-state index in [4.69, 9.17) is 5.73 Å². The second-order valence-electron chi connectivity index (χ2n) is 4.46. The molecule has 0 unspecified atom stereocenters. The van der Waals surface area contributed by atoms with Gasteiger partial charge in [-0.25, -0.2) is 0 Å². The average molecular weight is 219 g/mol. The zero-order valence-corrected chi connectivity index (χ0v) is 9.86. The van der Waals surface area contributed by atoms with E-state index in [-0.39, 0.29) is 0 Å². The summed E-state index contributed by atoms with van der Waals surface area (Å²) in [6, 6.07) is 0. The highest BCUT2D eigenvalue weighted by molar-refractivity contribution is 5.66. The molecule has 86 valence electrons. The van der Waals surface area contributed by atoms with E-state index in [0.717, 1.165) is 23.2 Å². The number of aryl methyl sites for hydroxylation is 1. The monoisotopic (exact) mass is 219 g/mol. The lowest BCUT2D eigenvalue weighted by atomic mass is 10.0. The molecule has 5 nitrogen and oxygen atoms in total. The fraction of sp³-hybridized carbons (Fsp3) is 0.455. The van der Waals surface area contributed by atoms with E-state index in [0.29, 0.717) is 11.7 Å². The van der Waals surface area contributed by atoms with Gasteiger partial charge < -0.3 is 5.73 Å². The Bertz CT molecular complexity index is 480. The number of nitrogens with one attached hydrogen (secondary N) is 1. The molecule has 0 atom stereocenters. The second-order valence-corrected chi connectivity index (χ2v) is 4.46. The molecule has 3 N–H and O–H groups in total. The number of nitrogens with zero attached hydrogens (tertiary/aromatic N) is 3. The van der Waals surface area contributed by atoms with E-state index in [1.54, 1.807) is 4.68 Å². The number of aromatic nitrogens is 4. The van der Waals surface area contributed by atoms with Gasteiger partial charge in [0, 0.05) is 24.4 Å². The highest BCUT2D eigenvalue weighted by atomic mass is 15.2. The van der Waals surface area contributed by atoms with Gasteiger partial charge in [-0.1, -0.05) is 13.8 Å². The summed E-state index contributed by atoms with van der Waals surface area (Å²) in [5, 5.41) is 11.2. The average Bonchev–Trinajstić information content (AvgIpc) is 2.75. The van der Waals surface area contributed by atoms with Gasteiger partial charge in [0.15, 0.2) is 0 Å². The smallest absolute Gasteiger partial charge is 0.149 e. The molecule has 0 saturated heterocycles. The third-order valence-corrected chi connectivity index (χ3v) is 2.51. The highest BCUT2D eigenvalue weighted by Gasteiger charge is 2.14. The molecular weight excluding hydrogens is 202 g/mol. The van der Waals surface area contributed by atoms with Crippen molar-refractivity contribution in [3.63, 3.8) is 0 Å². The second kappa shape index (κ2) is 4.00. The molecule has 0 bridgehead atoms. The molecule has 0 aliphatic carbocycles. The van der Waals surface area contributed by atoms with Crippen LogP contribution in [0.1, 0.15) is 19.4 Å². The maximum atomic E-state index is 5.86. The maximum Gasteiger partial charge on any atom is 0.149 e. The summed E-state index contributed by atoms with van der Waals surface area (Å²) < 4.78 is 1.77. The fourth-order valence-electron chi connectivity index (χ4n) is 1.78. The number of aromatic amines is 1. The summed E-state index contributed by atoms with van der Waals surface area (Å²) in [5.74, 6) is 1.14. The molecular formula is C11H17N5. The summed E-state index contributed by atoms with van der Waals surface area (Å²) in [6.07, 6.45) is 4.69. The van der Waals surface area contributed by atoms with Crippen LogP contribution in [0.4, 0.5) is 5.82 Å². The van der Waals surface area contributed by atoms with Crippen LogP contribution in [0, 0.1) is 5.92 Å². The maximum absolute atomic E-state index is 5.86. The minimum atomic E-state index is 0.551. The van der Waals surface area contributed by atoms with Gasteiger partial charge in [0.2, 0.25) is 0 Å². The zero-order valence-electron chi connectivity index (χ0n) is 9.86. The van der Waals surface area contributed by atoms with E-state index < -0.39 is 0 Å². The van der Waals surface area contributed by atoms with Gasteiger partial charge in [-0.3, -0.25) is 9.78 Å². The molecule has 5 heteroatoms. The molecule has 16 heavy (non-hydrogen) atoms. The molecule has 0 spiro atoms. The Morgan fingerprint density at radius 2 is 2.25 bits per heavy atom. The van der Waals surface area contributed by atoms with Crippen molar-refractivity contribution >= 4 is 5.82 Å². The first-order chi connectivity index (χ1) is 7.58. The summed E-state index contributed by atoms with van der Waals surface area (Å²) in [4.78, 5) is 0. The van der Waals surface area contributed by atoms with Crippen molar-refractivity contribution in [2.75, 3.05) is 5.73 Å². The molecule has 2 aromatic rings. The van der Waals surface area contributed by atoms with E-state index in [2.05, 4.69) is 29.1 Å². The molecule has 2 rings (SSSR count). The Balaban J connectivity index is 2.41. The van der Waals surface area contributed by atoms with E-state index in [1.807, 2.05) is 19.4 Å². The number of nitrogen functional groups attached to an aromatic ring is 1.